The van der Waals surface area contributed by atoms with Crippen molar-refractivity contribution in [2.45, 2.75) is 33.1 Å². The second-order valence-corrected chi connectivity index (χ2v) is 4.99. The van der Waals surface area contributed by atoms with E-state index in [-0.39, 0.29) is 11.2 Å². The fourth-order valence-electron chi connectivity index (χ4n) is 2.48. The van der Waals surface area contributed by atoms with Gasteiger partial charge in [-0.05, 0) is 32.3 Å². The van der Waals surface area contributed by atoms with Gasteiger partial charge in [0.05, 0.1) is 0 Å². The molecule has 0 radical (unpaired) electrons. The van der Waals surface area contributed by atoms with Crippen LogP contribution in [0.3, 0.4) is 0 Å². The van der Waals surface area contributed by atoms with Crippen molar-refractivity contribution in [1.29, 1.82) is 0 Å². The van der Waals surface area contributed by atoms with Gasteiger partial charge in [-0.2, -0.15) is 0 Å². The average molecular weight is 217 g/mol. The van der Waals surface area contributed by atoms with Crippen LogP contribution in [0.1, 0.15) is 40.7 Å². The highest BCUT2D eigenvalue weighted by molar-refractivity contribution is 6.02. The summed E-state index contributed by atoms with van der Waals surface area (Å²) >= 11 is 0. The molecule has 0 amide bonds. The van der Waals surface area contributed by atoms with Crippen molar-refractivity contribution in [3.05, 3.63) is 34.9 Å². The van der Waals surface area contributed by atoms with Gasteiger partial charge < -0.3 is 5.73 Å². The normalized spacial score (nSPS) is 17.9. The largest absolute Gasteiger partial charge is 0.329 e. The van der Waals surface area contributed by atoms with Crippen LogP contribution in [-0.4, -0.2) is 12.3 Å². The summed E-state index contributed by atoms with van der Waals surface area (Å²) in [7, 11) is 0. The number of carbonyl (C=O) groups excluding carboxylic acids is 1. The van der Waals surface area contributed by atoms with Gasteiger partial charge in [-0.25, -0.2) is 0 Å². The Morgan fingerprint density at radius 2 is 2.06 bits per heavy atom. The van der Waals surface area contributed by atoms with Gasteiger partial charge in [-0.15, -0.1) is 0 Å². The lowest BCUT2D eigenvalue weighted by Crippen LogP contribution is -2.44. The summed E-state index contributed by atoms with van der Waals surface area (Å²) in [5.74, 6) is 0.249. The molecule has 1 fully saturated rings. The van der Waals surface area contributed by atoms with Crippen molar-refractivity contribution >= 4 is 5.78 Å². The van der Waals surface area contributed by atoms with E-state index in [0.717, 1.165) is 30.4 Å². The highest BCUT2D eigenvalue weighted by Gasteiger charge is 2.43. The zero-order chi connectivity index (χ0) is 11.8. The van der Waals surface area contributed by atoms with Crippen molar-refractivity contribution in [2.24, 2.45) is 11.1 Å². The Morgan fingerprint density at radius 1 is 1.38 bits per heavy atom. The molecule has 0 saturated heterocycles. The highest BCUT2D eigenvalue weighted by atomic mass is 16.1. The summed E-state index contributed by atoms with van der Waals surface area (Å²) in [4.78, 5) is 12.4. The van der Waals surface area contributed by atoms with Crippen LogP contribution in [0.25, 0.3) is 0 Å². The van der Waals surface area contributed by atoms with E-state index in [4.69, 9.17) is 5.73 Å². The number of nitrogens with two attached hydrogens (primary N) is 1. The van der Waals surface area contributed by atoms with Crippen molar-refractivity contribution < 1.29 is 4.79 Å². The van der Waals surface area contributed by atoms with Gasteiger partial charge in [0.15, 0.2) is 5.78 Å². The number of hydrogen-bond acceptors (Lipinski definition) is 2. The molecule has 1 aliphatic rings. The molecule has 2 rings (SSSR count). The van der Waals surface area contributed by atoms with Crippen LogP contribution in [0.5, 0.6) is 0 Å². The number of carbonyl (C=O) groups is 1. The first-order chi connectivity index (χ1) is 7.59. The zero-order valence-corrected chi connectivity index (χ0v) is 10.0. The predicted octanol–water partition coefficient (Wildman–Crippen LogP) is 2.62. The second-order valence-electron chi connectivity index (χ2n) is 4.99. The van der Waals surface area contributed by atoms with Crippen molar-refractivity contribution in [2.75, 3.05) is 6.54 Å². The summed E-state index contributed by atoms with van der Waals surface area (Å²) in [6, 6.07) is 6.02. The Morgan fingerprint density at radius 3 is 2.50 bits per heavy atom. The van der Waals surface area contributed by atoms with Crippen LogP contribution in [-0.2, 0) is 0 Å². The first-order valence-corrected chi connectivity index (χ1v) is 5.91. The van der Waals surface area contributed by atoms with E-state index in [1.165, 1.54) is 5.56 Å². The first kappa shape index (κ1) is 11.3. The molecule has 1 aliphatic carbocycles. The first-order valence-electron chi connectivity index (χ1n) is 5.91. The average Bonchev–Trinajstić information content (AvgIpc) is 2.16. The van der Waals surface area contributed by atoms with Gasteiger partial charge in [-0.3, -0.25) is 4.79 Å². The topological polar surface area (TPSA) is 43.1 Å². The minimum absolute atomic E-state index is 0.249. The lowest BCUT2D eigenvalue weighted by molar-refractivity contribution is 0.0635. The van der Waals surface area contributed by atoms with Crippen LogP contribution < -0.4 is 5.73 Å². The molecule has 1 aromatic rings. The van der Waals surface area contributed by atoms with E-state index in [1.54, 1.807) is 0 Å². The molecule has 0 unspecified atom stereocenters. The minimum Gasteiger partial charge on any atom is -0.329 e. The van der Waals surface area contributed by atoms with Crippen LogP contribution in [0.15, 0.2) is 18.2 Å². The van der Waals surface area contributed by atoms with Crippen LogP contribution >= 0.6 is 0 Å². The third-order valence-corrected chi connectivity index (χ3v) is 3.81. The fourth-order valence-corrected chi connectivity index (χ4v) is 2.48. The number of hydrogen-bond donors (Lipinski definition) is 1. The summed E-state index contributed by atoms with van der Waals surface area (Å²) < 4.78 is 0. The highest BCUT2D eigenvalue weighted by Crippen LogP contribution is 2.43. The maximum Gasteiger partial charge on any atom is 0.170 e. The predicted molar refractivity (Wildman–Crippen MR) is 65.6 cm³/mol. The smallest absolute Gasteiger partial charge is 0.170 e. The van der Waals surface area contributed by atoms with E-state index in [1.807, 2.05) is 26.0 Å². The molecule has 0 bridgehead atoms. The molecule has 0 heterocycles. The summed E-state index contributed by atoms with van der Waals surface area (Å²) in [5, 5.41) is 0. The van der Waals surface area contributed by atoms with Crippen LogP contribution in [0, 0.1) is 19.3 Å². The Kier molecular flexibility index (Phi) is 2.85. The summed E-state index contributed by atoms with van der Waals surface area (Å²) in [5.41, 5.74) is 8.65. The molecule has 0 atom stereocenters. The molecule has 1 aromatic carbocycles. The maximum absolute atomic E-state index is 12.4. The molecule has 0 spiro atoms. The molecule has 0 aromatic heterocycles. The van der Waals surface area contributed by atoms with E-state index < -0.39 is 0 Å². The van der Waals surface area contributed by atoms with E-state index in [9.17, 15) is 4.79 Å². The second kappa shape index (κ2) is 4.02. The third kappa shape index (κ3) is 1.67. The van der Waals surface area contributed by atoms with Crippen molar-refractivity contribution in [1.82, 2.24) is 0 Å². The Labute approximate surface area is 96.8 Å². The fraction of sp³-hybridized carbons (Fsp3) is 0.500. The lowest BCUT2D eigenvalue weighted by Gasteiger charge is -2.39. The zero-order valence-electron chi connectivity index (χ0n) is 10.0. The number of aryl methyl sites for hydroxylation is 2. The van der Waals surface area contributed by atoms with E-state index in [2.05, 4.69) is 6.07 Å². The van der Waals surface area contributed by atoms with Gasteiger partial charge in [-0.1, -0.05) is 30.2 Å². The standard InChI is InChI=1S/C14H19NO/c1-10-4-5-12(11(2)8-10)13(16)14(9-15)6-3-7-14/h4-5,8H,3,6-7,9,15H2,1-2H3. The molecule has 2 heteroatoms. The van der Waals surface area contributed by atoms with Crippen molar-refractivity contribution in [3.8, 4) is 0 Å². The SMILES string of the molecule is Cc1ccc(C(=O)C2(CN)CCC2)c(C)c1. The molecule has 16 heavy (non-hydrogen) atoms. The molecular formula is C14H19NO. The number of Topliss-reactive ketones (excluding diaryl/α,β-unsaturated/α-hetero) is 1. The molecule has 0 aliphatic heterocycles. The lowest BCUT2D eigenvalue weighted by atomic mass is 9.64. The minimum atomic E-state index is -0.250. The molecule has 2 N–H and O–H groups in total. The quantitative estimate of drug-likeness (QED) is 0.791. The number of benzene rings is 1. The Bertz CT molecular complexity index is 413. The van der Waals surface area contributed by atoms with Crippen LogP contribution in [0.4, 0.5) is 0 Å². The molecular weight excluding hydrogens is 198 g/mol. The van der Waals surface area contributed by atoms with Gasteiger partial charge in [0.25, 0.3) is 0 Å². The van der Waals surface area contributed by atoms with Crippen molar-refractivity contribution in [3.63, 3.8) is 0 Å². The van der Waals surface area contributed by atoms with E-state index >= 15 is 0 Å². The van der Waals surface area contributed by atoms with Gasteiger partial charge in [0.2, 0.25) is 0 Å². The van der Waals surface area contributed by atoms with Gasteiger partial charge in [0, 0.05) is 17.5 Å². The molecule has 1 saturated carbocycles. The summed E-state index contributed by atoms with van der Waals surface area (Å²) in [6.07, 6.45) is 3.04. The Hall–Kier alpha value is -1.15. The van der Waals surface area contributed by atoms with Gasteiger partial charge >= 0.3 is 0 Å². The van der Waals surface area contributed by atoms with Gasteiger partial charge in [0.1, 0.15) is 0 Å². The Balaban J connectivity index is 2.33. The number of rotatable bonds is 3. The molecule has 86 valence electrons. The molecule has 2 nitrogen and oxygen atoms in total. The number of ketones is 1. The maximum atomic E-state index is 12.4. The van der Waals surface area contributed by atoms with E-state index in [0.29, 0.717) is 6.54 Å². The monoisotopic (exact) mass is 217 g/mol. The summed E-state index contributed by atoms with van der Waals surface area (Å²) in [6.45, 7) is 4.53. The third-order valence-electron chi connectivity index (χ3n) is 3.81. The van der Waals surface area contributed by atoms with Crippen LogP contribution in [0.2, 0.25) is 0 Å².